The molecule has 0 saturated carbocycles. The van der Waals surface area contributed by atoms with Gasteiger partial charge in [0, 0.05) is 19.4 Å². The summed E-state index contributed by atoms with van der Waals surface area (Å²) in [6, 6.07) is 13.4. The number of halogens is 1. The second kappa shape index (κ2) is 7.70. The number of carbonyl (C=O) groups is 1. The van der Waals surface area contributed by atoms with E-state index in [9.17, 15) is 14.0 Å². The maximum Gasteiger partial charge on any atom is 0.258 e. The Kier molecular flexibility index (Phi) is 5.18. The molecule has 5 nitrogen and oxygen atoms in total. The molecule has 6 heteroatoms. The second-order valence-corrected chi connectivity index (χ2v) is 5.76. The average Bonchev–Trinajstić information content (AvgIpc) is 2.60. The fraction of sp³-hybridized carbons (Fsp3) is 0.211. The van der Waals surface area contributed by atoms with Crippen LogP contribution in [0.25, 0.3) is 10.9 Å². The number of hydrogen-bond donors (Lipinski definition) is 2. The highest BCUT2D eigenvalue weighted by molar-refractivity contribution is 5.78. The van der Waals surface area contributed by atoms with Gasteiger partial charge in [-0.15, -0.1) is 0 Å². The lowest BCUT2D eigenvalue weighted by Gasteiger charge is -2.06. The van der Waals surface area contributed by atoms with Crippen LogP contribution in [0.4, 0.5) is 4.39 Å². The Bertz CT molecular complexity index is 953. The molecule has 0 atom stereocenters. The van der Waals surface area contributed by atoms with Crippen LogP contribution in [-0.4, -0.2) is 22.4 Å². The highest BCUT2D eigenvalue weighted by Gasteiger charge is 2.06. The van der Waals surface area contributed by atoms with Crippen LogP contribution in [0.2, 0.25) is 0 Å². The lowest BCUT2D eigenvalue weighted by atomic mass is 10.1. The number of H-pyrrole nitrogens is 1. The molecular formula is C19H18FN3O2. The van der Waals surface area contributed by atoms with Gasteiger partial charge in [0.2, 0.25) is 5.91 Å². The molecule has 0 radical (unpaired) electrons. The van der Waals surface area contributed by atoms with E-state index < -0.39 is 0 Å². The highest BCUT2D eigenvalue weighted by Crippen LogP contribution is 2.07. The summed E-state index contributed by atoms with van der Waals surface area (Å²) >= 11 is 0. The number of carbonyl (C=O) groups excluding carboxylic acids is 1. The molecule has 0 aliphatic rings. The van der Waals surface area contributed by atoms with Crippen LogP contribution < -0.4 is 10.9 Å². The number of hydrogen-bond acceptors (Lipinski definition) is 3. The summed E-state index contributed by atoms with van der Waals surface area (Å²) in [5, 5.41) is 3.32. The van der Waals surface area contributed by atoms with Crippen LogP contribution >= 0.6 is 0 Å². The summed E-state index contributed by atoms with van der Waals surface area (Å²) in [6.45, 7) is 0.434. The standard InChI is InChI=1S/C19H18FN3O2/c20-14-5-3-4-13(12-14)10-11-21-18(24)9-8-17-22-16-7-2-1-6-15(16)19(25)23-17/h1-7,12H,8-11H2,(H,21,24)(H,22,23,25). The molecule has 25 heavy (non-hydrogen) atoms. The van der Waals surface area contributed by atoms with Crippen LogP contribution in [0.3, 0.4) is 0 Å². The summed E-state index contributed by atoms with van der Waals surface area (Å²) in [5.74, 6) is 0.0753. The summed E-state index contributed by atoms with van der Waals surface area (Å²) in [7, 11) is 0. The SMILES string of the molecule is O=C(CCc1nc2ccccc2c(=O)[nH]1)NCCc1cccc(F)c1. The Morgan fingerprint density at radius 1 is 1.12 bits per heavy atom. The normalized spacial score (nSPS) is 10.8. The van der Waals surface area contributed by atoms with Crippen molar-refractivity contribution in [3.05, 3.63) is 76.1 Å². The van der Waals surface area contributed by atoms with E-state index in [0.29, 0.717) is 36.1 Å². The van der Waals surface area contributed by atoms with Crippen molar-refractivity contribution in [1.82, 2.24) is 15.3 Å². The van der Waals surface area contributed by atoms with Gasteiger partial charge in [0.25, 0.3) is 5.56 Å². The van der Waals surface area contributed by atoms with Crippen molar-refractivity contribution in [1.29, 1.82) is 0 Å². The predicted octanol–water partition coefficient (Wildman–Crippen LogP) is 2.35. The van der Waals surface area contributed by atoms with Crippen molar-refractivity contribution in [2.24, 2.45) is 0 Å². The first-order chi connectivity index (χ1) is 12.1. The topological polar surface area (TPSA) is 74.8 Å². The third-order valence-electron chi connectivity index (χ3n) is 3.88. The van der Waals surface area contributed by atoms with Gasteiger partial charge in [0.15, 0.2) is 0 Å². The number of benzene rings is 2. The average molecular weight is 339 g/mol. The minimum absolute atomic E-state index is 0.132. The molecule has 1 amide bonds. The molecule has 128 valence electrons. The first-order valence-corrected chi connectivity index (χ1v) is 8.11. The van der Waals surface area contributed by atoms with Gasteiger partial charge >= 0.3 is 0 Å². The number of para-hydroxylation sites is 1. The van der Waals surface area contributed by atoms with Gasteiger partial charge in [-0.05, 0) is 36.2 Å². The lowest BCUT2D eigenvalue weighted by molar-refractivity contribution is -0.121. The lowest BCUT2D eigenvalue weighted by Crippen LogP contribution is -2.26. The van der Waals surface area contributed by atoms with Crippen molar-refractivity contribution < 1.29 is 9.18 Å². The fourth-order valence-electron chi connectivity index (χ4n) is 2.61. The summed E-state index contributed by atoms with van der Waals surface area (Å²) in [6.07, 6.45) is 1.14. The van der Waals surface area contributed by atoms with Crippen molar-refractivity contribution in [2.45, 2.75) is 19.3 Å². The number of fused-ring (bicyclic) bond motifs is 1. The number of aryl methyl sites for hydroxylation is 1. The zero-order valence-corrected chi connectivity index (χ0v) is 13.6. The molecular weight excluding hydrogens is 321 g/mol. The van der Waals surface area contributed by atoms with Crippen LogP contribution in [0.1, 0.15) is 17.8 Å². The van der Waals surface area contributed by atoms with Gasteiger partial charge in [0.05, 0.1) is 10.9 Å². The van der Waals surface area contributed by atoms with E-state index >= 15 is 0 Å². The molecule has 3 aromatic rings. The van der Waals surface area contributed by atoms with Gasteiger partial charge < -0.3 is 10.3 Å². The van der Waals surface area contributed by atoms with E-state index in [-0.39, 0.29) is 23.7 Å². The number of aromatic amines is 1. The monoisotopic (exact) mass is 339 g/mol. The molecule has 0 unspecified atom stereocenters. The predicted molar refractivity (Wildman–Crippen MR) is 93.8 cm³/mol. The Morgan fingerprint density at radius 3 is 2.80 bits per heavy atom. The molecule has 0 fully saturated rings. The Hall–Kier alpha value is -3.02. The number of rotatable bonds is 6. The molecule has 2 N–H and O–H groups in total. The maximum atomic E-state index is 13.1. The van der Waals surface area contributed by atoms with Gasteiger partial charge in [-0.2, -0.15) is 0 Å². The van der Waals surface area contributed by atoms with Gasteiger partial charge in [-0.1, -0.05) is 24.3 Å². The molecule has 1 aromatic heterocycles. The molecule has 0 aliphatic heterocycles. The number of aromatic nitrogens is 2. The van der Waals surface area contributed by atoms with Crippen LogP contribution in [0, 0.1) is 5.82 Å². The minimum Gasteiger partial charge on any atom is -0.356 e. The van der Waals surface area contributed by atoms with E-state index in [4.69, 9.17) is 0 Å². The van der Waals surface area contributed by atoms with Gasteiger partial charge in [-0.25, -0.2) is 9.37 Å². The molecule has 0 saturated heterocycles. The molecule has 0 aliphatic carbocycles. The van der Waals surface area contributed by atoms with E-state index in [1.54, 1.807) is 24.3 Å². The first kappa shape index (κ1) is 16.8. The number of nitrogens with zero attached hydrogens (tertiary/aromatic N) is 1. The first-order valence-electron chi connectivity index (χ1n) is 8.11. The Balaban J connectivity index is 1.51. The summed E-state index contributed by atoms with van der Waals surface area (Å²) < 4.78 is 13.1. The zero-order chi connectivity index (χ0) is 17.6. The van der Waals surface area contributed by atoms with Crippen LogP contribution in [0.5, 0.6) is 0 Å². The smallest absolute Gasteiger partial charge is 0.258 e. The fourth-order valence-corrected chi connectivity index (χ4v) is 2.61. The quantitative estimate of drug-likeness (QED) is 0.724. The summed E-state index contributed by atoms with van der Waals surface area (Å²) in [5.41, 5.74) is 1.25. The summed E-state index contributed by atoms with van der Waals surface area (Å²) in [4.78, 5) is 31.0. The third-order valence-corrected chi connectivity index (χ3v) is 3.88. The van der Waals surface area contributed by atoms with Crippen molar-refractivity contribution >= 4 is 16.8 Å². The van der Waals surface area contributed by atoms with Crippen molar-refractivity contribution in [2.75, 3.05) is 6.54 Å². The van der Waals surface area contributed by atoms with E-state index in [1.807, 2.05) is 12.1 Å². The van der Waals surface area contributed by atoms with E-state index in [2.05, 4.69) is 15.3 Å². The number of amides is 1. The van der Waals surface area contributed by atoms with Crippen molar-refractivity contribution in [3.63, 3.8) is 0 Å². The third kappa shape index (κ3) is 4.50. The van der Waals surface area contributed by atoms with Gasteiger partial charge in [0.1, 0.15) is 11.6 Å². The largest absolute Gasteiger partial charge is 0.356 e. The molecule has 0 spiro atoms. The molecule has 3 rings (SSSR count). The molecule has 1 heterocycles. The zero-order valence-electron chi connectivity index (χ0n) is 13.6. The van der Waals surface area contributed by atoms with Crippen LogP contribution in [0.15, 0.2) is 53.3 Å². The maximum absolute atomic E-state index is 13.1. The molecule has 2 aromatic carbocycles. The van der Waals surface area contributed by atoms with E-state index in [1.165, 1.54) is 12.1 Å². The highest BCUT2D eigenvalue weighted by atomic mass is 19.1. The Morgan fingerprint density at radius 2 is 1.96 bits per heavy atom. The number of nitrogens with one attached hydrogen (secondary N) is 2. The van der Waals surface area contributed by atoms with Crippen LogP contribution in [-0.2, 0) is 17.6 Å². The minimum atomic E-state index is -0.282. The second-order valence-electron chi connectivity index (χ2n) is 5.76. The Labute approximate surface area is 143 Å². The van der Waals surface area contributed by atoms with E-state index in [0.717, 1.165) is 5.56 Å². The van der Waals surface area contributed by atoms with Crippen molar-refractivity contribution in [3.8, 4) is 0 Å². The van der Waals surface area contributed by atoms with Gasteiger partial charge in [-0.3, -0.25) is 9.59 Å². The molecule has 0 bridgehead atoms.